The maximum absolute atomic E-state index is 12.3. The fourth-order valence-electron chi connectivity index (χ4n) is 2.56. The molecule has 0 aromatic heterocycles. The van der Waals surface area contributed by atoms with Gasteiger partial charge in [-0.15, -0.1) is 0 Å². The summed E-state index contributed by atoms with van der Waals surface area (Å²) in [5.74, 6) is 2.43. The first kappa shape index (κ1) is 15.7. The van der Waals surface area contributed by atoms with Crippen LogP contribution in [-0.2, 0) is 11.2 Å². The molecule has 1 saturated carbocycles. The van der Waals surface area contributed by atoms with E-state index in [2.05, 4.69) is 6.92 Å². The second kappa shape index (κ2) is 6.83. The third kappa shape index (κ3) is 4.13. The van der Waals surface area contributed by atoms with Crippen molar-refractivity contribution in [2.75, 3.05) is 21.3 Å². The molecule has 1 aromatic carbocycles. The first-order valence-electron chi connectivity index (χ1n) is 7.52. The SMILES string of the molecule is COc1cc(CCC(=O)N(C)C(C)C2CC2)cc(OC)c1. The van der Waals surface area contributed by atoms with Crippen molar-refractivity contribution in [1.29, 1.82) is 0 Å². The molecule has 0 saturated heterocycles. The van der Waals surface area contributed by atoms with Crippen molar-refractivity contribution in [2.45, 2.75) is 38.6 Å². The van der Waals surface area contributed by atoms with Crippen LogP contribution in [0.25, 0.3) is 0 Å². The minimum absolute atomic E-state index is 0.205. The Morgan fingerprint density at radius 1 is 1.24 bits per heavy atom. The van der Waals surface area contributed by atoms with Gasteiger partial charge in [-0.2, -0.15) is 0 Å². The Balaban J connectivity index is 1.93. The Bertz CT molecular complexity index is 475. The second-order valence-electron chi connectivity index (χ2n) is 5.80. The monoisotopic (exact) mass is 291 g/mol. The zero-order valence-electron chi connectivity index (χ0n) is 13.4. The van der Waals surface area contributed by atoms with E-state index in [-0.39, 0.29) is 5.91 Å². The lowest BCUT2D eigenvalue weighted by molar-refractivity contribution is -0.132. The van der Waals surface area contributed by atoms with Crippen molar-refractivity contribution in [3.63, 3.8) is 0 Å². The van der Waals surface area contributed by atoms with E-state index in [1.807, 2.05) is 30.1 Å². The Morgan fingerprint density at radius 2 is 1.81 bits per heavy atom. The van der Waals surface area contributed by atoms with Crippen LogP contribution in [0.5, 0.6) is 11.5 Å². The molecule has 0 aliphatic heterocycles. The van der Waals surface area contributed by atoms with Crippen LogP contribution in [0, 0.1) is 5.92 Å². The summed E-state index contributed by atoms with van der Waals surface area (Å²) in [6.45, 7) is 2.14. The number of carbonyl (C=O) groups is 1. The second-order valence-corrected chi connectivity index (χ2v) is 5.80. The van der Waals surface area contributed by atoms with Gasteiger partial charge in [-0.3, -0.25) is 4.79 Å². The number of hydrogen-bond donors (Lipinski definition) is 0. The van der Waals surface area contributed by atoms with Gasteiger partial charge in [0.15, 0.2) is 0 Å². The van der Waals surface area contributed by atoms with Crippen molar-refractivity contribution in [3.8, 4) is 11.5 Å². The lowest BCUT2D eigenvalue weighted by Crippen LogP contribution is -2.36. The number of rotatable bonds is 7. The largest absolute Gasteiger partial charge is 0.497 e. The van der Waals surface area contributed by atoms with Crippen LogP contribution in [0.15, 0.2) is 18.2 Å². The number of nitrogens with zero attached hydrogens (tertiary/aromatic N) is 1. The fourth-order valence-corrected chi connectivity index (χ4v) is 2.56. The van der Waals surface area contributed by atoms with E-state index in [9.17, 15) is 4.79 Å². The van der Waals surface area contributed by atoms with Gasteiger partial charge in [0.25, 0.3) is 0 Å². The van der Waals surface area contributed by atoms with E-state index in [1.54, 1.807) is 14.2 Å². The third-order valence-corrected chi connectivity index (χ3v) is 4.35. The highest BCUT2D eigenvalue weighted by molar-refractivity contribution is 5.76. The minimum atomic E-state index is 0.205. The van der Waals surface area contributed by atoms with E-state index in [0.717, 1.165) is 17.1 Å². The summed E-state index contributed by atoms with van der Waals surface area (Å²) in [6, 6.07) is 6.12. The quantitative estimate of drug-likeness (QED) is 0.775. The van der Waals surface area contributed by atoms with Gasteiger partial charge in [0.05, 0.1) is 14.2 Å². The summed E-state index contributed by atoms with van der Waals surface area (Å²) in [7, 11) is 5.18. The molecule has 1 amide bonds. The topological polar surface area (TPSA) is 38.8 Å². The minimum Gasteiger partial charge on any atom is -0.497 e. The van der Waals surface area contributed by atoms with Gasteiger partial charge in [0.2, 0.25) is 5.91 Å². The Hall–Kier alpha value is -1.71. The van der Waals surface area contributed by atoms with E-state index in [4.69, 9.17) is 9.47 Å². The molecule has 0 N–H and O–H groups in total. The number of amides is 1. The van der Waals surface area contributed by atoms with E-state index < -0.39 is 0 Å². The van der Waals surface area contributed by atoms with Crippen LogP contribution in [-0.4, -0.2) is 38.1 Å². The zero-order chi connectivity index (χ0) is 15.4. The normalized spacial score (nSPS) is 15.4. The lowest BCUT2D eigenvalue weighted by Gasteiger charge is -2.25. The highest BCUT2D eigenvalue weighted by Gasteiger charge is 2.32. The van der Waals surface area contributed by atoms with Gasteiger partial charge in [-0.1, -0.05) is 0 Å². The van der Waals surface area contributed by atoms with E-state index in [0.29, 0.717) is 24.8 Å². The van der Waals surface area contributed by atoms with Gasteiger partial charge in [0.1, 0.15) is 11.5 Å². The molecule has 116 valence electrons. The highest BCUT2D eigenvalue weighted by Crippen LogP contribution is 2.34. The average Bonchev–Trinajstić information content (AvgIpc) is 3.35. The molecule has 1 aromatic rings. The number of methoxy groups -OCH3 is 2. The molecule has 1 unspecified atom stereocenters. The van der Waals surface area contributed by atoms with Crippen molar-refractivity contribution in [3.05, 3.63) is 23.8 Å². The van der Waals surface area contributed by atoms with Crippen LogP contribution in [0.3, 0.4) is 0 Å². The summed E-state index contributed by atoms with van der Waals surface area (Å²) in [5, 5.41) is 0. The molecular weight excluding hydrogens is 266 g/mol. The molecular formula is C17H25NO3. The summed E-state index contributed by atoms with van der Waals surface area (Å²) >= 11 is 0. The predicted octanol–water partition coefficient (Wildman–Crippen LogP) is 2.89. The molecule has 2 rings (SSSR count). The molecule has 1 aliphatic carbocycles. The summed E-state index contributed by atoms with van der Waals surface area (Å²) < 4.78 is 10.5. The maximum atomic E-state index is 12.3. The lowest BCUT2D eigenvalue weighted by atomic mass is 10.1. The van der Waals surface area contributed by atoms with Crippen LogP contribution in [0.2, 0.25) is 0 Å². The average molecular weight is 291 g/mol. The standard InChI is InChI=1S/C17H25NO3/c1-12(14-6-7-14)18(2)17(19)8-5-13-9-15(20-3)11-16(10-13)21-4/h9-12,14H,5-8H2,1-4H3. The molecule has 1 aliphatic rings. The molecule has 0 spiro atoms. The van der Waals surface area contributed by atoms with Gasteiger partial charge in [-0.05, 0) is 49.8 Å². The molecule has 4 heteroatoms. The molecule has 1 atom stereocenters. The van der Waals surface area contributed by atoms with Crippen LogP contribution >= 0.6 is 0 Å². The summed E-state index contributed by atoms with van der Waals surface area (Å²) in [4.78, 5) is 14.2. The van der Waals surface area contributed by atoms with Gasteiger partial charge >= 0.3 is 0 Å². The third-order valence-electron chi connectivity index (χ3n) is 4.35. The predicted molar refractivity (Wildman–Crippen MR) is 82.8 cm³/mol. The first-order valence-corrected chi connectivity index (χ1v) is 7.52. The van der Waals surface area contributed by atoms with Gasteiger partial charge in [0, 0.05) is 25.6 Å². The molecule has 0 heterocycles. The van der Waals surface area contributed by atoms with E-state index in [1.165, 1.54) is 12.8 Å². The molecule has 1 fully saturated rings. The number of carbonyl (C=O) groups excluding carboxylic acids is 1. The molecule has 0 bridgehead atoms. The van der Waals surface area contributed by atoms with Crippen molar-refractivity contribution >= 4 is 5.91 Å². The van der Waals surface area contributed by atoms with Crippen molar-refractivity contribution in [1.82, 2.24) is 4.90 Å². The smallest absolute Gasteiger partial charge is 0.222 e. The van der Waals surface area contributed by atoms with Crippen LogP contribution < -0.4 is 9.47 Å². The number of aryl methyl sites for hydroxylation is 1. The first-order chi connectivity index (χ1) is 10.0. The number of hydrogen-bond acceptors (Lipinski definition) is 3. The Labute approximate surface area is 127 Å². The van der Waals surface area contributed by atoms with Crippen molar-refractivity contribution < 1.29 is 14.3 Å². The van der Waals surface area contributed by atoms with Gasteiger partial charge < -0.3 is 14.4 Å². The molecule has 0 radical (unpaired) electrons. The van der Waals surface area contributed by atoms with Gasteiger partial charge in [-0.25, -0.2) is 0 Å². The number of ether oxygens (including phenoxy) is 2. The van der Waals surface area contributed by atoms with Crippen molar-refractivity contribution in [2.24, 2.45) is 5.92 Å². The maximum Gasteiger partial charge on any atom is 0.222 e. The summed E-state index contributed by atoms with van der Waals surface area (Å²) in [5.41, 5.74) is 1.06. The summed E-state index contributed by atoms with van der Waals surface area (Å²) in [6.07, 6.45) is 3.73. The molecule has 4 nitrogen and oxygen atoms in total. The van der Waals surface area contributed by atoms with Crippen LogP contribution in [0.4, 0.5) is 0 Å². The Morgan fingerprint density at radius 3 is 2.29 bits per heavy atom. The van der Waals surface area contributed by atoms with Crippen LogP contribution in [0.1, 0.15) is 31.7 Å². The Kier molecular flexibility index (Phi) is 5.10. The van der Waals surface area contributed by atoms with E-state index >= 15 is 0 Å². The number of benzene rings is 1. The highest BCUT2D eigenvalue weighted by atomic mass is 16.5. The zero-order valence-corrected chi connectivity index (χ0v) is 13.4. The molecule has 21 heavy (non-hydrogen) atoms. The fraction of sp³-hybridized carbons (Fsp3) is 0.588.